The number of hydrogen-bond acceptors (Lipinski definition) is 3. The smallest absolute Gasteiger partial charge is 0.374 e. The molecule has 4 heteroatoms. The minimum atomic E-state index is -1.09. The number of carboxylic acid groups (broad SMARTS) is 1. The average Bonchev–Trinajstić information content (AvgIpc) is 1.96. The number of allylic oxidation sites excluding steroid dienone is 1. The van der Waals surface area contributed by atoms with Crippen molar-refractivity contribution in [3.05, 3.63) is 23.7 Å². The molecule has 1 rings (SSSR count). The van der Waals surface area contributed by atoms with E-state index in [1.165, 1.54) is 0 Å². The highest BCUT2D eigenvalue weighted by Gasteiger charge is 2.14. The van der Waals surface area contributed by atoms with Crippen LogP contribution in [0.4, 0.5) is 0 Å². The van der Waals surface area contributed by atoms with Crippen molar-refractivity contribution in [2.45, 2.75) is 6.92 Å². The zero-order valence-corrected chi connectivity index (χ0v) is 6.74. The van der Waals surface area contributed by atoms with E-state index < -0.39 is 5.97 Å². The molecule has 0 fully saturated rings. The molecule has 1 heterocycles. The number of carbonyl (C=O) groups is 1. The lowest BCUT2D eigenvalue weighted by molar-refractivity contribution is -0.137. The van der Waals surface area contributed by atoms with Gasteiger partial charge in [0.1, 0.15) is 19.0 Å². The van der Waals surface area contributed by atoms with E-state index in [-0.39, 0.29) is 12.4 Å². The van der Waals surface area contributed by atoms with Crippen molar-refractivity contribution >= 4 is 5.97 Å². The van der Waals surface area contributed by atoms with Gasteiger partial charge >= 0.3 is 5.97 Å². The van der Waals surface area contributed by atoms with Crippen LogP contribution >= 0.6 is 0 Å². The first kappa shape index (κ1) is 8.64. The SMILES string of the molecule is C/C1=C(\C(=O)O)OC/C=C\CO1. The second-order valence-electron chi connectivity index (χ2n) is 2.28. The van der Waals surface area contributed by atoms with Crippen molar-refractivity contribution < 1.29 is 19.4 Å². The van der Waals surface area contributed by atoms with Gasteiger partial charge in [-0.15, -0.1) is 0 Å². The molecule has 0 aromatic heterocycles. The topological polar surface area (TPSA) is 55.8 Å². The number of rotatable bonds is 1. The minimum absolute atomic E-state index is 0.112. The average molecular weight is 170 g/mol. The van der Waals surface area contributed by atoms with Crippen molar-refractivity contribution in [2.75, 3.05) is 13.2 Å². The van der Waals surface area contributed by atoms with E-state index in [2.05, 4.69) is 0 Å². The molecule has 1 aliphatic heterocycles. The fourth-order valence-corrected chi connectivity index (χ4v) is 0.820. The first-order valence-electron chi connectivity index (χ1n) is 3.56. The fourth-order valence-electron chi connectivity index (χ4n) is 0.820. The van der Waals surface area contributed by atoms with Gasteiger partial charge in [-0.2, -0.15) is 0 Å². The van der Waals surface area contributed by atoms with Crippen molar-refractivity contribution in [2.24, 2.45) is 0 Å². The maximum absolute atomic E-state index is 10.5. The van der Waals surface area contributed by atoms with Gasteiger partial charge in [-0.3, -0.25) is 0 Å². The fraction of sp³-hybridized carbons (Fsp3) is 0.375. The molecular formula is C8H10O4. The summed E-state index contributed by atoms with van der Waals surface area (Å²) in [7, 11) is 0. The van der Waals surface area contributed by atoms with Gasteiger partial charge in [-0.05, 0) is 19.1 Å². The quantitative estimate of drug-likeness (QED) is 0.594. The Morgan fingerprint density at radius 2 is 2.00 bits per heavy atom. The highest BCUT2D eigenvalue weighted by molar-refractivity contribution is 5.84. The summed E-state index contributed by atoms with van der Waals surface area (Å²) in [4.78, 5) is 10.5. The van der Waals surface area contributed by atoms with Crippen LogP contribution in [-0.2, 0) is 14.3 Å². The summed E-state index contributed by atoms with van der Waals surface area (Å²) in [6, 6.07) is 0. The molecule has 0 atom stereocenters. The molecular weight excluding hydrogens is 160 g/mol. The molecule has 0 aromatic carbocycles. The van der Waals surface area contributed by atoms with Gasteiger partial charge in [-0.25, -0.2) is 4.79 Å². The second kappa shape index (κ2) is 3.80. The third-order valence-electron chi connectivity index (χ3n) is 1.40. The zero-order valence-electron chi connectivity index (χ0n) is 6.74. The summed E-state index contributed by atoms with van der Waals surface area (Å²) in [5, 5.41) is 8.64. The molecule has 0 aliphatic carbocycles. The predicted octanol–water partition coefficient (Wildman–Crippen LogP) is 0.905. The maximum atomic E-state index is 10.5. The molecule has 0 saturated heterocycles. The summed E-state index contributed by atoms with van der Waals surface area (Å²) in [5.41, 5.74) is 0. The van der Waals surface area contributed by atoms with E-state index in [4.69, 9.17) is 14.6 Å². The van der Waals surface area contributed by atoms with Gasteiger partial charge in [-0.1, -0.05) is 0 Å². The van der Waals surface area contributed by atoms with Gasteiger partial charge < -0.3 is 14.6 Å². The number of hydrogen-bond donors (Lipinski definition) is 1. The molecule has 12 heavy (non-hydrogen) atoms. The highest BCUT2D eigenvalue weighted by Crippen LogP contribution is 2.09. The Labute approximate surface area is 70.1 Å². The first-order chi connectivity index (χ1) is 5.72. The lowest BCUT2D eigenvalue weighted by Gasteiger charge is -2.11. The Morgan fingerprint density at radius 3 is 2.58 bits per heavy atom. The lowest BCUT2D eigenvalue weighted by Crippen LogP contribution is -2.11. The van der Waals surface area contributed by atoms with Crippen LogP contribution in [0.5, 0.6) is 0 Å². The monoisotopic (exact) mass is 170 g/mol. The van der Waals surface area contributed by atoms with E-state index in [1.807, 2.05) is 0 Å². The Balaban J connectivity index is 2.77. The molecule has 1 aliphatic rings. The Morgan fingerprint density at radius 1 is 1.42 bits per heavy atom. The number of carboxylic acids is 1. The molecule has 0 bridgehead atoms. The standard InChI is InChI=1S/C8H10O4/c1-6-7(8(9)10)12-5-3-2-4-11-6/h2-3H,4-5H2,1H3,(H,9,10)/b3-2-,7-6-. The predicted molar refractivity (Wildman–Crippen MR) is 41.4 cm³/mol. The van der Waals surface area contributed by atoms with Gasteiger partial charge in [0.15, 0.2) is 0 Å². The molecule has 0 aromatic rings. The summed E-state index contributed by atoms with van der Waals surface area (Å²) >= 11 is 0. The summed E-state index contributed by atoms with van der Waals surface area (Å²) in [6.45, 7) is 2.25. The van der Waals surface area contributed by atoms with Crippen LogP contribution in [0, 0.1) is 0 Å². The van der Waals surface area contributed by atoms with Crippen LogP contribution in [0.1, 0.15) is 6.92 Å². The van der Waals surface area contributed by atoms with Crippen LogP contribution in [0.2, 0.25) is 0 Å². The lowest BCUT2D eigenvalue weighted by atomic mass is 10.4. The Kier molecular flexibility index (Phi) is 2.74. The van der Waals surface area contributed by atoms with Gasteiger partial charge in [0, 0.05) is 0 Å². The normalized spacial score (nSPS) is 26.1. The van der Waals surface area contributed by atoms with E-state index in [1.54, 1.807) is 19.1 Å². The third kappa shape index (κ3) is 2.02. The Hall–Kier alpha value is -1.45. The van der Waals surface area contributed by atoms with Crippen molar-refractivity contribution in [3.63, 3.8) is 0 Å². The highest BCUT2D eigenvalue weighted by atomic mass is 16.5. The van der Waals surface area contributed by atoms with Crippen LogP contribution in [0.3, 0.4) is 0 Å². The molecule has 0 radical (unpaired) electrons. The summed E-state index contributed by atoms with van der Waals surface area (Å²) < 4.78 is 9.97. The van der Waals surface area contributed by atoms with Crippen molar-refractivity contribution in [1.29, 1.82) is 0 Å². The van der Waals surface area contributed by atoms with E-state index in [0.29, 0.717) is 12.4 Å². The van der Waals surface area contributed by atoms with Crippen LogP contribution < -0.4 is 0 Å². The number of ether oxygens (including phenoxy) is 2. The Bertz CT molecular complexity index is 239. The molecule has 1 N–H and O–H groups in total. The van der Waals surface area contributed by atoms with Gasteiger partial charge in [0.05, 0.1) is 0 Å². The van der Waals surface area contributed by atoms with E-state index in [0.717, 1.165) is 0 Å². The van der Waals surface area contributed by atoms with Gasteiger partial charge in [0.25, 0.3) is 0 Å². The van der Waals surface area contributed by atoms with E-state index in [9.17, 15) is 4.79 Å². The molecule has 66 valence electrons. The van der Waals surface area contributed by atoms with Crippen molar-refractivity contribution in [3.8, 4) is 0 Å². The summed E-state index contributed by atoms with van der Waals surface area (Å²) in [5.74, 6) is -0.894. The van der Waals surface area contributed by atoms with Crippen molar-refractivity contribution in [1.82, 2.24) is 0 Å². The van der Waals surface area contributed by atoms with Gasteiger partial charge in [0.2, 0.25) is 5.76 Å². The minimum Gasteiger partial charge on any atom is -0.490 e. The zero-order chi connectivity index (χ0) is 8.97. The van der Waals surface area contributed by atoms with Crippen LogP contribution in [-0.4, -0.2) is 24.3 Å². The maximum Gasteiger partial charge on any atom is 0.374 e. The number of aliphatic carboxylic acids is 1. The summed E-state index contributed by atoms with van der Waals surface area (Å²) in [6.07, 6.45) is 3.50. The molecule has 0 unspecified atom stereocenters. The molecule has 4 nitrogen and oxygen atoms in total. The van der Waals surface area contributed by atoms with Crippen LogP contribution in [0.15, 0.2) is 23.7 Å². The molecule has 0 amide bonds. The van der Waals surface area contributed by atoms with E-state index >= 15 is 0 Å². The second-order valence-corrected chi connectivity index (χ2v) is 2.28. The van der Waals surface area contributed by atoms with Crippen LogP contribution in [0.25, 0.3) is 0 Å². The largest absolute Gasteiger partial charge is 0.490 e. The first-order valence-corrected chi connectivity index (χ1v) is 3.56. The third-order valence-corrected chi connectivity index (χ3v) is 1.40. The molecule has 0 spiro atoms. The molecule has 0 saturated carbocycles.